The van der Waals surface area contributed by atoms with E-state index in [0.717, 1.165) is 44.1 Å². The minimum atomic E-state index is -0.287. The SMILES string of the molecule is CCN1CCN(c2c(C=C3SC(=S)N(CCOC)C3=O)c(C)c(C#N)c(=O)n2CC)CC1. The predicted molar refractivity (Wildman–Crippen MR) is 132 cm³/mol. The molecule has 0 N–H and O–H groups in total. The van der Waals surface area contributed by atoms with Gasteiger partial charge >= 0.3 is 0 Å². The largest absolute Gasteiger partial charge is 0.383 e. The van der Waals surface area contributed by atoms with Gasteiger partial charge in [0, 0.05) is 45.4 Å². The van der Waals surface area contributed by atoms with Crippen LogP contribution < -0.4 is 10.5 Å². The van der Waals surface area contributed by atoms with Crippen molar-refractivity contribution in [2.24, 2.45) is 0 Å². The molecule has 1 amide bonds. The van der Waals surface area contributed by atoms with Crippen molar-refractivity contribution in [3.05, 3.63) is 31.9 Å². The van der Waals surface area contributed by atoms with E-state index in [4.69, 9.17) is 17.0 Å². The number of anilines is 1. The Labute approximate surface area is 198 Å². The third kappa shape index (κ3) is 4.62. The summed E-state index contributed by atoms with van der Waals surface area (Å²) < 4.78 is 7.24. The van der Waals surface area contributed by atoms with Crippen molar-refractivity contribution in [2.75, 3.05) is 57.9 Å². The third-order valence-corrected chi connectivity index (χ3v) is 7.33. The number of ether oxygens (including phenoxy) is 1. The van der Waals surface area contributed by atoms with Crippen LogP contribution in [0.15, 0.2) is 9.70 Å². The van der Waals surface area contributed by atoms with Crippen LogP contribution >= 0.6 is 24.0 Å². The van der Waals surface area contributed by atoms with Crippen molar-refractivity contribution < 1.29 is 9.53 Å². The van der Waals surface area contributed by atoms with Gasteiger partial charge in [-0.25, -0.2) is 0 Å². The van der Waals surface area contributed by atoms with Crippen LogP contribution in [0.2, 0.25) is 0 Å². The Morgan fingerprint density at radius 1 is 1.19 bits per heavy atom. The Morgan fingerprint density at radius 2 is 1.88 bits per heavy atom. The molecule has 0 aromatic carbocycles. The van der Waals surface area contributed by atoms with Gasteiger partial charge in [-0.2, -0.15) is 5.26 Å². The maximum absolute atomic E-state index is 13.1. The van der Waals surface area contributed by atoms with Crippen LogP contribution in [-0.4, -0.2) is 77.6 Å². The summed E-state index contributed by atoms with van der Waals surface area (Å²) in [5.74, 6) is 0.595. The number of hydrogen-bond donors (Lipinski definition) is 0. The first-order chi connectivity index (χ1) is 15.4. The van der Waals surface area contributed by atoms with E-state index in [2.05, 4.69) is 22.8 Å². The molecule has 2 aliphatic rings. The fraction of sp³-hybridized carbons (Fsp3) is 0.545. The molecule has 172 valence electrons. The molecule has 3 heterocycles. The molecule has 0 saturated carbocycles. The first kappa shape index (κ1) is 24.5. The number of thioether (sulfide) groups is 1. The molecule has 0 aliphatic carbocycles. The van der Waals surface area contributed by atoms with Crippen LogP contribution in [0, 0.1) is 18.3 Å². The lowest BCUT2D eigenvalue weighted by Crippen LogP contribution is -2.48. The van der Waals surface area contributed by atoms with Crippen LogP contribution in [0.1, 0.15) is 30.5 Å². The van der Waals surface area contributed by atoms with Crippen molar-refractivity contribution in [1.29, 1.82) is 5.26 Å². The highest BCUT2D eigenvalue weighted by Crippen LogP contribution is 2.36. The monoisotopic (exact) mass is 475 g/mol. The molecule has 0 atom stereocenters. The van der Waals surface area contributed by atoms with Gasteiger partial charge in [0.25, 0.3) is 11.5 Å². The van der Waals surface area contributed by atoms with Gasteiger partial charge in [-0.15, -0.1) is 0 Å². The van der Waals surface area contributed by atoms with Crippen molar-refractivity contribution in [3.8, 4) is 6.07 Å². The van der Waals surface area contributed by atoms with E-state index >= 15 is 0 Å². The summed E-state index contributed by atoms with van der Waals surface area (Å²) in [6.45, 7) is 11.4. The molecule has 2 aliphatic heterocycles. The van der Waals surface area contributed by atoms with E-state index in [1.807, 2.05) is 6.92 Å². The number of methoxy groups -OCH3 is 1. The molecule has 8 nitrogen and oxygen atoms in total. The first-order valence-corrected chi connectivity index (χ1v) is 12.0. The minimum Gasteiger partial charge on any atom is -0.383 e. The predicted octanol–water partition coefficient (Wildman–Crippen LogP) is 2.04. The van der Waals surface area contributed by atoms with E-state index < -0.39 is 0 Å². The normalized spacial score (nSPS) is 18.7. The zero-order valence-electron chi connectivity index (χ0n) is 19.0. The number of rotatable bonds is 7. The average Bonchev–Trinajstić information content (AvgIpc) is 3.06. The highest BCUT2D eigenvalue weighted by Gasteiger charge is 2.33. The molecule has 0 bridgehead atoms. The Balaban J connectivity index is 2.13. The lowest BCUT2D eigenvalue weighted by molar-refractivity contribution is -0.122. The fourth-order valence-corrected chi connectivity index (χ4v) is 5.35. The van der Waals surface area contributed by atoms with Gasteiger partial charge in [0.05, 0.1) is 18.1 Å². The molecular formula is C22H29N5O3S2. The molecule has 10 heteroatoms. The van der Waals surface area contributed by atoms with Gasteiger partial charge in [-0.05, 0) is 32.0 Å². The molecular weight excluding hydrogens is 446 g/mol. The number of carbonyl (C=O) groups is 1. The third-order valence-electron chi connectivity index (χ3n) is 5.95. The van der Waals surface area contributed by atoms with E-state index in [0.29, 0.717) is 34.5 Å². The van der Waals surface area contributed by atoms with Crippen LogP contribution in [0.25, 0.3) is 6.08 Å². The van der Waals surface area contributed by atoms with Crippen molar-refractivity contribution >= 4 is 46.1 Å². The number of likely N-dealkylation sites (N-methyl/N-ethyl adjacent to an activating group) is 1. The summed E-state index contributed by atoms with van der Waals surface area (Å²) in [5, 5.41) is 9.69. The molecule has 2 fully saturated rings. The summed E-state index contributed by atoms with van der Waals surface area (Å²) in [5.41, 5.74) is 1.16. The Bertz CT molecular complexity index is 1040. The summed E-state index contributed by atoms with van der Waals surface area (Å²) >= 11 is 6.65. The van der Waals surface area contributed by atoms with Gasteiger partial charge in [0.15, 0.2) is 0 Å². The van der Waals surface area contributed by atoms with Crippen molar-refractivity contribution in [3.63, 3.8) is 0 Å². The van der Waals surface area contributed by atoms with Gasteiger partial charge in [-0.3, -0.25) is 19.1 Å². The van der Waals surface area contributed by atoms with E-state index in [9.17, 15) is 14.9 Å². The zero-order chi connectivity index (χ0) is 23.4. The van der Waals surface area contributed by atoms with E-state index in [1.165, 1.54) is 16.7 Å². The van der Waals surface area contributed by atoms with Gasteiger partial charge < -0.3 is 14.5 Å². The summed E-state index contributed by atoms with van der Waals surface area (Å²) in [7, 11) is 1.58. The van der Waals surface area contributed by atoms with Gasteiger partial charge in [-0.1, -0.05) is 30.9 Å². The second-order valence-corrected chi connectivity index (χ2v) is 9.32. The van der Waals surface area contributed by atoms with Gasteiger partial charge in [0.2, 0.25) is 0 Å². The number of aromatic nitrogens is 1. The number of nitrogens with zero attached hydrogens (tertiary/aromatic N) is 5. The van der Waals surface area contributed by atoms with Gasteiger partial charge in [0.1, 0.15) is 21.8 Å². The highest BCUT2D eigenvalue weighted by atomic mass is 32.2. The highest BCUT2D eigenvalue weighted by molar-refractivity contribution is 8.26. The molecule has 2 saturated heterocycles. The fourth-order valence-electron chi connectivity index (χ4n) is 4.06. The maximum atomic E-state index is 13.1. The number of carbonyl (C=O) groups excluding carboxylic acids is 1. The smallest absolute Gasteiger partial charge is 0.270 e. The Hall–Kier alpha value is -2.19. The van der Waals surface area contributed by atoms with Crippen LogP contribution in [0.5, 0.6) is 0 Å². The van der Waals surface area contributed by atoms with E-state index in [-0.39, 0.29) is 17.0 Å². The summed E-state index contributed by atoms with van der Waals surface area (Å²) in [6.07, 6.45) is 1.80. The number of nitriles is 1. The van der Waals surface area contributed by atoms with Crippen LogP contribution in [0.4, 0.5) is 5.82 Å². The maximum Gasteiger partial charge on any atom is 0.270 e. The summed E-state index contributed by atoms with van der Waals surface area (Å²) in [6, 6.07) is 2.07. The second kappa shape index (κ2) is 10.6. The van der Waals surface area contributed by atoms with Crippen molar-refractivity contribution in [2.45, 2.75) is 27.3 Å². The molecule has 0 spiro atoms. The molecule has 3 rings (SSSR count). The first-order valence-electron chi connectivity index (χ1n) is 10.8. The van der Waals surface area contributed by atoms with Crippen molar-refractivity contribution in [1.82, 2.24) is 14.4 Å². The number of pyridine rings is 1. The lowest BCUT2D eigenvalue weighted by atomic mass is 10.0. The van der Waals surface area contributed by atoms with Crippen LogP contribution in [0.3, 0.4) is 0 Å². The van der Waals surface area contributed by atoms with Crippen LogP contribution in [-0.2, 0) is 16.1 Å². The molecule has 0 unspecified atom stereocenters. The summed E-state index contributed by atoms with van der Waals surface area (Å²) in [4.78, 5) is 32.7. The molecule has 1 aromatic heterocycles. The minimum absolute atomic E-state index is 0.115. The standard InChI is InChI=1S/C22H29N5O3S2/c1-5-24-7-9-25(10-8-24)19-16(15(3)17(14-23)20(28)26(19)6-2)13-18-21(29)27(11-12-30-4)22(31)32-18/h13H,5-12H2,1-4H3. The number of thiocarbonyl (C=S) groups is 1. The zero-order valence-corrected chi connectivity index (χ0v) is 20.6. The average molecular weight is 476 g/mol. The molecule has 32 heavy (non-hydrogen) atoms. The Kier molecular flexibility index (Phi) is 8.11. The van der Waals surface area contributed by atoms with E-state index in [1.54, 1.807) is 24.7 Å². The second-order valence-electron chi connectivity index (χ2n) is 7.65. The Morgan fingerprint density at radius 3 is 2.44 bits per heavy atom. The topological polar surface area (TPSA) is 81.8 Å². The quantitative estimate of drug-likeness (QED) is 0.438. The number of amides is 1. The molecule has 1 aromatic rings. The number of piperazine rings is 1. The number of hydrogen-bond acceptors (Lipinski definition) is 8. The lowest BCUT2D eigenvalue weighted by Gasteiger charge is -2.37. The molecule has 0 radical (unpaired) electrons.